The summed E-state index contributed by atoms with van der Waals surface area (Å²) in [6.07, 6.45) is 12.6. The molecule has 5 heteroatoms. The van der Waals surface area contributed by atoms with Gasteiger partial charge in [-0.1, -0.05) is 46.5 Å². The normalized spacial score (nSPS) is 38.8. The van der Waals surface area contributed by atoms with Crippen molar-refractivity contribution >= 4 is 11.9 Å². The molecule has 0 saturated heterocycles. The van der Waals surface area contributed by atoms with Gasteiger partial charge in [0.25, 0.3) is 0 Å². The van der Waals surface area contributed by atoms with Gasteiger partial charge in [-0.15, -0.1) is 0 Å². The Hall–Kier alpha value is -1.36. The summed E-state index contributed by atoms with van der Waals surface area (Å²) >= 11 is 0. The molecule has 1 heterocycles. The van der Waals surface area contributed by atoms with E-state index in [0.717, 1.165) is 57.1 Å². The van der Waals surface area contributed by atoms with Crippen LogP contribution in [0.5, 0.6) is 0 Å². The van der Waals surface area contributed by atoms with Crippen LogP contribution in [0.1, 0.15) is 111 Å². The predicted octanol–water partition coefficient (Wildman–Crippen LogP) is 6.08. The van der Waals surface area contributed by atoms with Gasteiger partial charge in [-0.25, -0.2) is 0 Å². The summed E-state index contributed by atoms with van der Waals surface area (Å²) in [5.41, 5.74) is 1.14. The number of hydrogen-bond acceptors (Lipinski definition) is 5. The minimum Gasteiger partial charge on any atom is -0.462 e. The van der Waals surface area contributed by atoms with Gasteiger partial charge in [-0.3, -0.25) is 9.59 Å². The summed E-state index contributed by atoms with van der Waals surface area (Å²) < 4.78 is 12.0. The van der Waals surface area contributed by atoms with Gasteiger partial charge in [-0.05, 0) is 68.8 Å². The summed E-state index contributed by atoms with van der Waals surface area (Å²) in [5, 5.41) is 10.2. The predicted molar refractivity (Wildman–Crippen MR) is 127 cm³/mol. The molecule has 3 aliphatic carbocycles. The molecule has 0 aromatic heterocycles. The second kappa shape index (κ2) is 9.71. The zero-order valence-electron chi connectivity index (χ0n) is 21.2. The van der Waals surface area contributed by atoms with Crippen molar-refractivity contribution in [3.05, 3.63) is 11.3 Å². The summed E-state index contributed by atoms with van der Waals surface area (Å²) in [7, 11) is 0. The minimum absolute atomic E-state index is 0.0139. The van der Waals surface area contributed by atoms with Gasteiger partial charge in [0.05, 0.1) is 12.0 Å². The highest BCUT2D eigenvalue weighted by molar-refractivity contribution is 5.77. The maximum Gasteiger partial charge on any atom is 0.315 e. The van der Waals surface area contributed by atoms with Gasteiger partial charge in [0.1, 0.15) is 11.9 Å². The number of hydrogen-bond donors (Lipinski definition) is 1. The van der Waals surface area contributed by atoms with Gasteiger partial charge in [-0.2, -0.15) is 0 Å². The molecule has 4 aliphatic rings. The molecule has 2 fully saturated rings. The Kier molecular flexibility index (Phi) is 7.29. The molecule has 4 rings (SSSR count). The average molecular weight is 461 g/mol. The second-order valence-electron chi connectivity index (χ2n) is 11.8. The molecule has 0 aromatic carbocycles. The number of ether oxygens (including phenoxy) is 2. The van der Waals surface area contributed by atoms with E-state index in [1.807, 2.05) is 0 Å². The third-order valence-electron chi connectivity index (χ3n) is 9.75. The number of esters is 2. The molecule has 5 nitrogen and oxygen atoms in total. The number of aliphatic hydroxyl groups is 1. The van der Waals surface area contributed by atoms with E-state index in [2.05, 4.69) is 20.8 Å². The number of fused-ring (bicyclic) bond motifs is 4. The molecule has 0 radical (unpaired) electrons. The van der Waals surface area contributed by atoms with E-state index in [9.17, 15) is 14.7 Å². The lowest BCUT2D eigenvalue weighted by Gasteiger charge is -2.53. The topological polar surface area (TPSA) is 72.8 Å². The highest BCUT2D eigenvalue weighted by Crippen LogP contribution is 2.64. The van der Waals surface area contributed by atoms with Crippen LogP contribution in [0.4, 0.5) is 0 Å². The third kappa shape index (κ3) is 4.51. The smallest absolute Gasteiger partial charge is 0.315 e. The van der Waals surface area contributed by atoms with Crippen LogP contribution in [0.25, 0.3) is 0 Å². The number of rotatable bonds is 8. The molecule has 0 spiro atoms. The Labute approximate surface area is 199 Å². The van der Waals surface area contributed by atoms with Crippen molar-refractivity contribution in [1.82, 2.24) is 0 Å². The third-order valence-corrected chi connectivity index (χ3v) is 9.75. The van der Waals surface area contributed by atoms with E-state index in [1.165, 1.54) is 38.2 Å². The lowest BCUT2D eigenvalue weighted by molar-refractivity contribution is -0.160. The first kappa shape index (κ1) is 24.8. The maximum absolute atomic E-state index is 13.1. The number of unbranched alkanes of at least 4 members (excludes halogenated alkanes) is 4. The first-order chi connectivity index (χ1) is 15.7. The average Bonchev–Trinajstić information content (AvgIpc) is 3.11. The lowest BCUT2D eigenvalue weighted by atomic mass is 9.55. The Morgan fingerprint density at radius 1 is 1.12 bits per heavy atom. The van der Waals surface area contributed by atoms with Gasteiger partial charge >= 0.3 is 11.9 Å². The molecular formula is C28H44O5. The van der Waals surface area contributed by atoms with Crippen molar-refractivity contribution < 1.29 is 24.2 Å². The number of carbonyl (C=O) groups excluding carboxylic acids is 2. The van der Waals surface area contributed by atoms with Gasteiger partial charge < -0.3 is 14.6 Å². The SMILES string of the molecule is CCCCCCC[C@@H](OC(C)=O)[C@@H]1CC[C@H]2C3=C(CC[C@@]21C)[C@@]1(C)CC[C@H](O)C[C@@H]1C(=O)O3. The summed E-state index contributed by atoms with van der Waals surface area (Å²) in [6.45, 7) is 8.33. The van der Waals surface area contributed by atoms with E-state index in [-0.39, 0.29) is 40.7 Å². The molecule has 1 N–H and O–H groups in total. The molecule has 0 unspecified atom stereocenters. The first-order valence-corrected chi connectivity index (χ1v) is 13.5. The van der Waals surface area contributed by atoms with E-state index in [0.29, 0.717) is 12.3 Å². The van der Waals surface area contributed by atoms with Crippen LogP contribution in [0.15, 0.2) is 11.3 Å². The summed E-state index contributed by atoms with van der Waals surface area (Å²) in [4.78, 5) is 25.1. The monoisotopic (exact) mass is 460 g/mol. The number of aliphatic hydroxyl groups excluding tert-OH is 1. The van der Waals surface area contributed by atoms with Crippen molar-refractivity contribution in [3.63, 3.8) is 0 Å². The fourth-order valence-corrected chi connectivity index (χ4v) is 7.78. The molecule has 1 aliphatic heterocycles. The Morgan fingerprint density at radius 2 is 1.88 bits per heavy atom. The van der Waals surface area contributed by atoms with Gasteiger partial charge in [0, 0.05) is 24.2 Å². The van der Waals surface area contributed by atoms with Crippen LogP contribution < -0.4 is 0 Å². The molecular weight excluding hydrogens is 416 g/mol. The van der Waals surface area contributed by atoms with Crippen LogP contribution >= 0.6 is 0 Å². The van der Waals surface area contributed by atoms with E-state index >= 15 is 0 Å². The fourth-order valence-electron chi connectivity index (χ4n) is 7.78. The summed E-state index contributed by atoms with van der Waals surface area (Å²) in [5.74, 6) is 0.920. The molecule has 7 atom stereocenters. The van der Waals surface area contributed by atoms with Crippen LogP contribution in [0.3, 0.4) is 0 Å². The molecule has 33 heavy (non-hydrogen) atoms. The number of carbonyl (C=O) groups is 2. The standard InChI is InChI=1S/C28H44O5/c1-5-6-7-8-9-10-24(32-18(2)29)20-11-12-21-25-22(14-16-27(20,21)3)28(4)15-13-19(30)17-23(28)26(31)33-25/h19-21,23-24,30H,5-17H2,1-4H3/t19-,20-,21-,23+,24+,27+,28+/m0/s1. The Balaban J connectivity index is 1.56. The van der Waals surface area contributed by atoms with Crippen LogP contribution in [0, 0.1) is 28.6 Å². The van der Waals surface area contributed by atoms with Crippen molar-refractivity contribution in [2.75, 3.05) is 0 Å². The van der Waals surface area contributed by atoms with E-state index in [4.69, 9.17) is 9.47 Å². The molecule has 0 amide bonds. The first-order valence-electron chi connectivity index (χ1n) is 13.5. The Morgan fingerprint density at radius 3 is 2.61 bits per heavy atom. The van der Waals surface area contributed by atoms with Gasteiger partial charge in [0.2, 0.25) is 0 Å². The van der Waals surface area contributed by atoms with Crippen molar-refractivity contribution in [3.8, 4) is 0 Å². The van der Waals surface area contributed by atoms with Crippen molar-refractivity contribution in [2.24, 2.45) is 28.6 Å². The molecule has 0 bridgehead atoms. The van der Waals surface area contributed by atoms with Crippen LogP contribution in [0.2, 0.25) is 0 Å². The van der Waals surface area contributed by atoms with Crippen molar-refractivity contribution in [1.29, 1.82) is 0 Å². The molecule has 186 valence electrons. The zero-order chi connectivity index (χ0) is 23.8. The lowest BCUT2D eigenvalue weighted by Crippen LogP contribution is -2.50. The second-order valence-corrected chi connectivity index (χ2v) is 11.8. The molecule has 2 saturated carbocycles. The zero-order valence-corrected chi connectivity index (χ0v) is 21.2. The fraction of sp³-hybridized carbons (Fsp3) is 0.857. The Bertz CT molecular complexity index is 787. The van der Waals surface area contributed by atoms with Crippen LogP contribution in [-0.4, -0.2) is 29.3 Å². The van der Waals surface area contributed by atoms with E-state index < -0.39 is 6.10 Å². The van der Waals surface area contributed by atoms with Crippen molar-refractivity contribution in [2.45, 2.75) is 123 Å². The number of allylic oxidation sites excluding steroid dienone is 2. The molecule has 0 aromatic rings. The quantitative estimate of drug-likeness (QED) is 0.351. The van der Waals surface area contributed by atoms with Crippen LogP contribution in [-0.2, 0) is 19.1 Å². The van der Waals surface area contributed by atoms with E-state index in [1.54, 1.807) is 0 Å². The van der Waals surface area contributed by atoms with Gasteiger partial charge in [0.15, 0.2) is 0 Å². The minimum atomic E-state index is -0.399. The highest BCUT2D eigenvalue weighted by atomic mass is 16.5. The summed E-state index contributed by atoms with van der Waals surface area (Å²) in [6, 6.07) is 0. The maximum atomic E-state index is 13.1. The highest BCUT2D eigenvalue weighted by Gasteiger charge is 2.60. The largest absolute Gasteiger partial charge is 0.462 e.